The number of nitrogens with one attached hydrogen (secondary N) is 1. The van der Waals surface area contributed by atoms with Gasteiger partial charge in [-0.2, -0.15) is 10.4 Å². The van der Waals surface area contributed by atoms with E-state index in [1.54, 1.807) is 9.80 Å². The summed E-state index contributed by atoms with van der Waals surface area (Å²) < 4.78 is 5.48. The molecule has 0 spiro atoms. The van der Waals surface area contributed by atoms with Gasteiger partial charge in [0.2, 0.25) is 5.91 Å². The van der Waals surface area contributed by atoms with Crippen LogP contribution in [0.4, 0.5) is 5.69 Å². The number of nitriles is 1. The molecule has 2 heterocycles. The molecule has 0 saturated carbocycles. The van der Waals surface area contributed by atoms with E-state index in [9.17, 15) is 9.59 Å². The van der Waals surface area contributed by atoms with E-state index < -0.39 is 0 Å². The summed E-state index contributed by atoms with van der Waals surface area (Å²) in [6, 6.07) is 17.0. The molecule has 9 heteroatoms. The van der Waals surface area contributed by atoms with Crippen LogP contribution in [0.5, 0.6) is 5.75 Å². The Kier molecular flexibility index (Phi) is 7.40. The molecule has 4 rings (SSSR count). The number of hydrogen-bond acceptors (Lipinski definition) is 6. The molecular weight excluding hydrogens is 432 g/mol. The first kappa shape index (κ1) is 23.3. The normalized spacial score (nSPS) is 14.1. The Morgan fingerprint density at radius 1 is 1.12 bits per heavy atom. The van der Waals surface area contributed by atoms with E-state index in [4.69, 9.17) is 10.00 Å². The number of ether oxygens (including phenoxy) is 1. The van der Waals surface area contributed by atoms with Crippen molar-refractivity contribution in [1.82, 2.24) is 20.0 Å². The fourth-order valence-electron chi connectivity index (χ4n) is 4.11. The highest BCUT2D eigenvalue weighted by atomic mass is 16.5. The number of para-hydroxylation sites is 1. The van der Waals surface area contributed by atoms with Crippen LogP contribution in [-0.2, 0) is 4.79 Å². The van der Waals surface area contributed by atoms with E-state index in [2.05, 4.69) is 16.3 Å². The van der Waals surface area contributed by atoms with Gasteiger partial charge in [-0.1, -0.05) is 18.2 Å². The molecule has 9 nitrogen and oxygen atoms in total. The van der Waals surface area contributed by atoms with E-state index in [1.165, 1.54) is 0 Å². The van der Waals surface area contributed by atoms with Crippen LogP contribution in [0.3, 0.4) is 0 Å². The lowest BCUT2D eigenvalue weighted by Crippen LogP contribution is -2.51. The topological polar surface area (TPSA) is 106 Å². The van der Waals surface area contributed by atoms with Crippen molar-refractivity contribution in [3.05, 3.63) is 54.2 Å². The van der Waals surface area contributed by atoms with Crippen molar-refractivity contribution in [2.24, 2.45) is 0 Å². The first-order valence-corrected chi connectivity index (χ1v) is 11.5. The summed E-state index contributed by atoms with van der Waals surface area (Å²) in [6.45, 7) is 5.27. The largest absolute Gasteiger partial charge is 0.494 e. The molecule has 1 saturated heterocycles. The minimum atomic E-state index is -0.103. The molecular formula is C25H28N6O3. The fourth-order valence-corrected chi connectivity index (χ4v) is 4.11. The van der Waals surface area contributed by atoms with Gasteiger partial charge >= 0.3 is 0 Å². The number of piperazine rings is 1. The summed E-state index contributed by atoms with van der Waals surface area (Å²) in [5.41, 5.74) is 2.00. The Morgan fingerprint density at radius 2 is 1.85 bits per heavy atom. The van der Waals surface area contributed by atoms with Crippen molar-refractivity contribution in [3.63, 3.8) is 0 Å². The van der Waals surface area contributed by atoms with Crippen molar-refractivity contribution in [2.75, 3.05) is 50.8 Å². The molecule has 176 valence electrons. The van der Waals surface area contributed by atoms with Crippen molar-refractivity contribution in [1.29, 1.82) is 5.26 Å². The number of fused-ring (bicyclic) bond motifs is 1. The Bertz CT molecular complexity index is 1180. The summed E-state index contributed by atoms with van der Waals surface area (Å²) >= 11 is 0. The Balaban J connectivity index is 1.36. The summed E-state index contributed by atoms with van der Waals surface area (Å²) in [7, 11) is 0. The zero-order valence-electron chi connectivity index (χ0n) is 19.2. The van der Waals surface area contributed by atoms with Crippen LogP contribution in [0, 0.1) is 11.3 Å². The van der Waals surface area contributed by atoms with E-state index >= 15 is 0 Å². The van der Waals surface area contributed by atoms with E-state index in [0.717, 1.165) is 22.3 Å². The van der Waals surface area contributed by atoms with E-state index in [0.29, 0.717) is 45.0 Å². The maximum absolute atomic E-state index is 13.1. The van der Waals surface area contributed by atoms with Crippen LogP contribution in [0.2, 0.25) is 0 Å². The average Bonchev–Trinajstić information content (AvgIpc) is 3.30. The third-order valence-corrected chi connectivity index (χ3v) is 5.90. The number of aromatic amines is 1. The summed E-state index contributed by atoms with van der Waals surface area (Å²) in [4.78, 5) is 31.6. The zero-order chi connectivity index (χ0) is 23.9. The molecule has 0 aliphatic carbocycles. The van der Waals surface area contributed by atoms with Gasteiger partial charge in [0.05, 0.1) is 31.2 Å². The highest BCUT2D eigenvalue weighted by molar-refractivity contribution is 6.04. The van der Waals surface area contributed by atoms with Gasteiger partial charge in [0.15, 0.2) is 5.69 Å². The standard InChI is InChI=1S/C25H28N6O3/c1-2-34-20-10-8-19(9-11-20)31(13-5-12-26)23(32)18-29-14-16-30(17-15-29)25(33)24-21-6-3-4-7-22(21)27-28-24/h3-4,6-11H,2,5,13-18H2,1H3,(H,27,28). The van der Waals surface area contributed by atoms with Crippen molar-refractivity contribution < 1.29 is 14.3 Å². The Labute approximate surface area is 198 Å². The van der Waals surface area contributed by atoms with Crippen molar-refractivity contribution in [3.8, 4) is 11.8 Å². The SMILES string of the molecule is CCOc1ccc(N(CCC#N)C(=O)CN2CCN(C(=O)c3n[nH]c4ccccc34)CC2)cc1. The highest BCUT2D eigenvalue weighted by Gasteiger charge is 2.27. The van der Waals surface area contributed by atoms with Crippen molar-refractivity contribution in [2.45, 2.75) is 13.3 Å². The lowest BCUT2D eigenvalue weighted by Gasteiger charge is -2.35. The predicted molar refractivity (Wildman–Crippen MR) is 129 cm³/mol. The summed E-state index contributed by atoms with van der Waals surface area (Å²) in [6.07, 6.45) is 0.249. The second kappa shape index (κ2) is 10.8. The number of benzene rings is 2. The molecule has 0 unspecified atom stereocenters. The average molecular weight is 461 g/mol. The maximum atomic E-state index is 13.1. The van der Waals surface area contributed by atoms with Crippen LogP contribution in [-0.4, -0.2) is 77.7 Å². The second-order valence-electron chi connectivity index (χ2n) is 8.07. The van der Waals surface area contributed by atoms with Gasteiger partial charge in [0, 0.05) is 43.8 Å². The first-order valence-electron chi connectivity index (χ1n) is 11.5. The fraction of sp³-hybridized carbons (Fsp3) is 0.360. The Hall–Kier alpha value is -3.90. The Morgan fingerprint density at radius 3 is 2.56 bits per heavy atom. The first-order chi connectivity index (χ1) is 16.6. The number of nitrogens with zero attached hydrogens (tertiary/aromatic N) is 5. The van der Waals surface area contributed by atoms with Gasteiger partial charge in [-0.25, -0.2) is 0 Å². The quantitative estimate of drug-likeness (QED) is 0.554. The number of rotatable bonds is 8. The van der Waals surface area contributed by atoms with Gasteiger partial charge in [-0.05, 0) is 37.3 Å². The van der Waals surface area contributed by atoms with Crippen LogP contribution >= 0.6 is 0 Å². The highest BCUT2D eigenvalue weighted by Crippen LogP contribution is 2.21. The lowest BCUT2D eigenvalue weighted by molar-refractivity contribution is -0.120. The zero-order valence-corrected chi connectivity index (χ0v) is 19.2. The minimum absolute atomic E-state index is 0.0718. The number of carbonyl (C=O) groups is 2. The number of anilines is 1. The number of aromatic nitrogens is 2. The molecule has 0 atom stereocenters. The third-order valence-electron chi connectivity index (χ3n) is 5.90. The molecule has 2 amide bonds. The summed E-state index contributed by atoms with van der Waals surface area (Å²) in [5, 5.41) is 17.0. The van der Waals surface area contributed by atoms with Crippen LogP contribution < -0.4 is 9.64 Å². The van der Waals surface area contributed by atoms with E-state index in [-0.39, 0.29) is 24.8 Å². The van der Waals surface area contributed by atoms with Crippen LogP contribution in [0.1, 0.15) is 23.8 Å². The predicted octanol–water partition coefficient (Wildman–Crippen LogP) is 2.67. The monoisotopic (exact) mass is 460 g/mol. The molecule has 1 aliphatic rings. The van der Waals surface area contributed by atoms with Crippen molar-refractivity contribution >= 4 is 28.4 Å². The number of hydrogen-bond donors (Lipinski definition) is 1. The van der Waals surface area contributed by atoms with Gasteiger partial charge in [-0.15, -0.1) is 0 Å². The number of H-pyrrole nitrogens is 1. The number of carbonyl (C=O) groups excluding carboxylic acids is 2. The van der Waals surface area contributed by atoms with Gasteiger partial charge < -0.3 is 14.5 Å². The van der Waals surface area contributed by atoms with Gasteiger partial charge in [-0.3, -0.25) is 19.6 Å². The molecule has 1 aromatic heterocycles. The second-order valence-corrected chi connectivity index (χ2v) is 8.07. The molecule has 1 fully saturated rings. The lowest BCUT2D eigenvalue weighted by atomic mass is 10.2. The molecule has 34 heavy (non-hydrogen) atoms. The third kappa shape index (κ3) is 5.18. The van der Waals surface area contributed by atoms with Gasteiger partial charge in [0.1, 0.15) is 5.75 Å². The van der Waals surface area contributed by atoms with E-state index in [1.807, 2.05) is 60.4 Å². The molecule has 2 aromatic carbocycles. The molecule has 3 aromatic rings. The molecule has 1 N–H and O–H groups in total. The smallest absolute Gasteiger partial charge is 0.275 e. The summed E-state index contributed by atoms with van der Waals surface area (Å²) in [5.74, 6) is 0.565. The number of amides is 2. The molecule has 0 bridgehead atoms. The van der Waals surface area contributed by atoms with Crippen LogP contribution in [0.25, 0.3) is 10.9 Å². The molecule has 0 radical (unpaired) electrons. The maximum Gasteiger partial charge on any atom is 0.275 e. The minimum Gasteiger partial charge on any atom is -0.494 e. The van der Waals surface area contributed by atoms with Gasteiger partial charge in [0.25, 0.3) is 5.91 Å². The van der Waals surface area contributed by atoms with Crippen LogP contribution in [0.15, 0.2) is 48.5 Å². The molecule has 1 aliphatic heterocycles.